The summed E-state index contributed by atoms with van der Waals surface area (Å²) >= 11 is 0. The van der Waals surface area contributed by atoms with Gasteiger partial charge >= 0.3 is 0 Å². The molecule has 4 nitrogen and oxygen atoms in total. The second-order valence-corrected chi connectivity index (χ2v) is 8.62. The summed E-state index contributed by atoms with van der Waals surface area (Å²) in [5, 5.41) is 20.5. The van der Waals surface area contributed by atoms with Crippen LogP contribution in [0.1, 0.15) is 46.0 Å². The highest BCUT2D eigenvalue weighted by Gasteiger charge is 2.64. The van der Waals surface area contributed by atoms with Crippen molar-refractivity contribution in [2.24, 2.45) is 22.7 Å². The second kappa shape index (κ2) is 5.24. The first-order valence-electron chi connectivity index (χ1n) is 9.27. The first-order chi connectivity index (χ1) is 11.8. The third kappa shape index (κ3) is 2.01. The summed E-state index contributed by atoms with van der Waals surface area (Å²) in [4.78, 5) is 24.1. The molecule has 0 aromatic rings. The summed E-state index contributed by atoms with van der Waals surface area (Å²) < 4.78 is 0. The third-order valence-electron chi connectivity index (χ3n) is 7.71. The monoisotopic (exact) mass is 342 g/mol. The molecule has 5 atom stereocenters. The molecule has 4 aliphatic carbocycles. The molecule has 0 spiro atoms. The van der Waals surface area contributed by atoms with Gasteiger partial charge in [0.2, 0.25) is 0 Å². The third-order valence-corrected chi connectivity index (χ3v) is 7.71. The molecule has 134 valence electrons. The Morgan fingerprint density at radius 1 is 1.32 bits per heavy atom. The van der Waals surface area contributed by atoms with E-state index in [9.17, 15) is 19.8 Å². The Hall–Kier alpha value is -1.52. The Kier molecular flexibility index (Phi) is 3.55. The lowest BCUT2D eigenvalue weighted by Gasteiger charge is -2.53. The Balaban J connectivity index is 1.77. The fourth-order valence-corrected chi connectivity index (χ4v) is 6.12. The molecular formula is C21H26O4. The van der Waals surface area contributed by atoms with Crippen molar-refractivity contribution in [1.82, 2.24) is 0 Å². The van der Waals surface area contributed by atoms with Crippen LogP contribution in [0.25, 0.3) is 0 Å². The first-order valence-corrected chi connectivity index (χ1v) is 9.27. The van der Waals surface area contributed by atoms with E-state index in [-0.39, 0.29) is 17.1 Å². The summed E-state index contributed by atoms with van der Waals surface area (Å²) in [6.45, 7) is 3.59. The van der Waals surface area contributed by atoms with E-state index >= 15 is 0 Å². The summed E-state index contributed by atoms with van der Waals surface area (Å²) in [6, 6.07) is 0. The summed E-state index contributed by atoms with van der Waals surface area (Å²) in [7, 11) is 0. The zero-order chi connectivity index (χ0) is 18.0. The SMILES string of the molecule is CC12C=CC(=O)C=C1CCC1C2=CCC2(C)C1CCC2(O)C(=O)CO. The van der Waals surface area contributed by atoms with Crippen molar-refractivity contribution in [2.45, 2.75) is 51.6 Å². The van der Waals surface area contributed by atoms with E-state index in [1.807, 2.05) is 13.0 Å². The number of hydrogen-bond acceptors (Lipinski definition) is 4. The number of rotatable bonds is 2. The lowest BCUT2D eigenvalue weighted by Crippen LogP contribution is -2.55. The molecule has 0 heterocycles. The largest absolute Gasteiger partial charge is 0.388 e. The van der Waals surface area contributed by atoms with E-state index in [4.69, 9.17) is 0 Å². The number of carbonyl (C=O) groups excluding carboxylic acids is 2. The van der Waals surface area contributed by atoms with Crippen molar-refractivity contribution >= 4 is 11.6 Å². The van der Waals surface area contributed by atoms with E-state index in [0.717, 1.165) is 19.3 Å². The van der Waals surface area contributed by atoms with Crippen LogP contribution in [0.15, 0.2) is 35.5 Å². The van der Waals surface area contributed by atoms with E-state index in [2.05, 4.69) is 13.0 Å². The quantitative estimate of drug-likeness (QED) is 0.756. The van der Waals surface area contributed by atoms with Crippen LogP contribution in [0, 0.1) is 22.7 Å². The van der Waals surface area contributed by atoms with Crippen LogP contribution in [-0.2, 0) is 9.59 Å². The van der Waals surface area contributed by atoms with Gasteiger partial charge in [-0.3, -0.25) is 9.59 Å². The van der Waals surface area contributed by atoms with Crippen LogP contribution in [0.5, 0.6) is 0 Å². The number of fused-ring (bicyclic) bond motifs is 5. The maximum absolute atomic E-state index is 12.3. The van der Waals surface area contributed by atoms with E-state index in [1.54, 1.807) is 12.2 Å². The number of carbonyl (C=O) groups is 2. The van der Waals surface area contributed by atoms with Crippen LogP contribution in [0.3, 0.4) is 0 Å². The number of aliphatic hydroxyl groups is 2. The Labute approximate surface area is 148 Å². The average molecular weight is 342 g/mol. The van der Waals surface area contributed by atoms with E-state index in [0.29, 0.717) is 18.8 Å². The highest BCUT2D eigenvalue weighted by atomic mass is 16.3. The molecule has 0 radical (unpaired) electrons. The Morgan fingerprint density at radius 2 is 2.08 bits per heavy atom. The average Bonchev–Trinajstić information content (AvgIpc) is 2.87. The molecule has 2 fully saturated rings. The predicted octanol–water partition coefficient (Wildman–Crippen LogP) is 2.51. The molecule has 4 heteroatoms. The minimum Gasteiger partial charge on any atom is -0.388 e. The molecule has 2 saturated carbocycles. The lowest BCUT2D eigenvalue weighted by atomic mass is 9.51. The van der Waals surface area contributed by atoms with Gasteiger partial charge in [0.25, 0.3) is 0 Å². The van der Waals surface area contributed by atoms with Crippen molar-refractivity contribution in [3.8, 4) is 0 Å². The number of Topliss-reactive ketones (excluding diaryl/α,β-unsaturated/α-hetero) is 1. The van der Waals surface area contributed by atoms with E-state index in [1.165, 1.54) is 11.1 Å². The standard InChI is InChI=1S/C21H26O4/c1-19-8-5-14(23)11-13(19)3-4-15-16(19)6-9-20(2)17(15)7-10-21(20,25)18(24)12-22/h5-6,8,11,15,17,22,25H,3-4,7,9-10,12H2,1-2H3. The molecule has 0 amide bonds. The van der Waals surface area contributed by atoms with Crippen LogP contribution in [-0.4, -0.2) is 34.0 Å². The fraction of sp³-hybridized carbons (Fsp3) is 0.619. The van der Waals surface area contributed by atoms with Gasteiger partial charge in [-0.1, -0.05) is 30.2 Å². The van der Waals surface area contributed by atoms with Crippen molar-refractivity contribution in [3.05, 3.63) is 35.5 Å². The molecule has 0 bridgehead atoms. The summed E-state index contributed by atoms with van der Waals surface area (Å²) in [5.41, 5.74) is 0.374. The van der Waals surface area contributed by atoms with Crippen LogP contribution >= 0.6 is 0 Å². The van der Waals surface area contributed by atoms with E-state index < -0.39 is 23.4 Å². The van der Waals surface area contributed by atoms with Gasteiger partial charge < -0.3 is 10.2 Å². The molecule has 4 rings (SSSR count). The lowest BCUT2D eigenvalue weighted by molar-refractivity contribution is -0.155. The number of ketones is 2. The van der Waals surface area contributed by atoms with Crippen LogP contribution in [0.4, 0.5) is 0 Å². The fourth-order valence-electron chi connectivity index (χ4n) is 6.12. The summed E-state index contributed by atoms with van der Waals surface area (Å²) in [6.07, 6.45) is 11.4. The molecular weight excluding hydrogens is 316 g/mol. The molecule has 0 aromatic carbocycles. The highest BCUT2D eigenvalue weighted by Crippen LogP contribution is 2.64. The van der Waals surface area contributed by atoms with Gasteiger partial charge in [0, 0.05) is 10.8 Å². The highest BCUT2D eigenvalue weighted by molar-refractivity contribution is 6.01. The van der Waals surface area contributed by atoms with Gasteiger partial charge in [-0.05, 0) is 63.0 Å². The Morgan fingerprint density at radius 3 is 2.80 bits per heavy atom. The molecule has 2 N–H and O–H groups in total. The topological polar surface area (TPSA) is 74.6 Å². The normalized spacial score (nSPS) is 45.2. The van der Waals surface area contributed by atoms with Crippen molar-refractivity contribution in [2.75, 3.05) is 6.61 Å². The molecule has 5 unspecified atom stereocenters. The van der Waals surface area contributed by atoms with Gasteiger partial charge in [-0.15, -0.1) is 0 Å². The number of hydrogen-bond donors (Lipinski definition) is 2. The molecule has 0 aliphatic heterocycles. The minimum atomic E-state index is -1.43. The zero-order valence-corrected chi connectivity index (χ0v) is 14.9. The van der Waals surface area contributed by atoms with Gasteiger partial charge in [-0.2, -0.15) is 0 Å². The molecule has 0 saturated heterocycles. The van der Waals surface area contributed by atoms with Crippen molar-refractivity contribution in [1.29, 1.82) is 0 Å². The van der Waals surface area contributed by atoms with Gasteiger partial charge in [0.15, 0.2) is 11.6 Å². The number of aliphatic hydroxyl groups excluding tert-OH is 1. The maximum atomic E-state index is 12.3. The van der Waals surface area contributed by atoms with Crippen molar-refractivity contribution in [3.63, 3.8) is 0 Å². The molecule has 0 aromatic heterocycles. The predicted molar refractivity (Wildman–Crippen MR) is 93.6 cm³/mol. The van der Waals surface area contributed by atoms with Gasteiger partial charge in [0.1, 0.15) is 12.2 Å². The minimum absolute atomic E-state index is 0.0657. The van der Waals surface area contributed by atoms with Crippen LogP contribution < -0.4 is 0 Å². The first kappa shape index (κ1) is 16.9. The van der Waals surface area contributed by atoms with Crippen LogP contribution in [0.2, 0.25) is 0 Å². The second-order valence-electron chi connectivity index (χ2n) is 8.62. The van der Waals surface area contributed by atoms with Gasteiger partial charge in [0.05, 0.1) is 0 Å². The van der Waals surface area contributed by atoms with Crippen molar-refractivity contribution < 1.29 is 19.8 Å². The summed E-state index contributed by atoms with van der Waals surface area (Å²) in [5.74, 6) is 0.174. The maximum Gasteiger partial charge on any atom is 0.190 e. The molecule has 25 heavy (non-hydrogen) atoms. The number of allylic oxidation sites excluding steroid dienone is 6. The van der Waals surface area contributed by atoms with Gasteiger partial charge in [-0.25, -0.2) is 0 Å². The molecule has 4 aliphatic rings. The Bertz CT molecular complexity index is 745. The zero-order valence-electron chi connectivity index (χ0n) is 14.9. The smallest absolute Gasteiger partial charge is 0.190 e.